The third-order valence-corrected chi connectivity index (χ3v) is 4.10. The zero-order chi connectivity index (χ0) is 17.4. The SMILES string of the molecule is Cc1cn2cc(C(=O)Nc3cc(C(=O)O)cc(C(=O)O)c3)nc2s1. The van der Waals surface area contributed by atoms with E-state index in [0.717, 1.165) is 10.9 Å². The maximum absolute atomic E-state index is 12.3. The van der Waals surface area contributed by atoms with E-state index in [9.17, 15) is 14.4 Å². The van der Waals surface area contributed by atoms with Crippen LogP contribution in [0, 0.1) is 6.92 Å². The predicted molar refractivity (Wildman–Crippen MR) is 86.1 cm³/mol. The van der Waals surface area contributed by atoms with Crippen LogP contribution in [0.2, 0.25) is 0 Å². The highest BCUT2D eigenvalue weighted by Gasteiger charge is 2.16. The van der Waals surface area contributed by atoms with E-state index in [1.165, 1.54) is 23.5 Å². The first-order valence-electron chi connectivity index (χ1n) is 6.71. The number of carbonyl (C=O) groups excluding carboxylic acids is 1. The van der Waals surface area contributed by atoms with Gasteiger partial charge in [-0.25, -0.2) is 14.6 Å². The number of imidazole rings is 1. The maximum Gasteiger partial charge on any atom is 0.335 e. The van der Waals surface area contributed by atoms with Crippen LogP contribution in [0.25, 0.3) is 4.96 Å². The van der Waals surface area contributed by atoms with Crippen molar-refractivity contribution in [1.82, 2.24) is 9.38 Å². The Morgan fingerprint density at radius 1 is 1.08 bits per heavy atom. The lowest BCUT2D eigenvalue weighted by Gasteiger charge is -2.06. The van der Waals surface area contributed by atoms with Crippen LogP contribution in [0.1, 0.15) is 36.1 Å². The van der Waals surface area contributed by atoms with Crippen LogP contribution >= 0.6 is 11.3 Å². The van der Waals surface area contributed by atoms with E-state index < -0.39 is 17.8 Å². The molecule has 0 fully saturated rings. The van der Waals surface area contributed by atoms with Gasteiger partial charge in [0.25, 0.3) is 5.91 Å². The summed E-state index contributed by atoms with van der Waals surface area (Å²) in [6.07, 6.45) is 3.38. The Hall–Kier alpha value is -3.20. The number of fused-ring (bicyclic) bond motifs is 1. The van der Waals surface area contributed by atoms with Gasteiger partial charge in [-0.1, -0.05) is 0 Å². The molecule has 0 aliphatic heterocycles. The van der Waals surface area contributed by atoms with Gasteiger partial charge in [0.15, 0.2) is 4.96 Å². The molecule has 8 nitrogen and oxygen atoms in total. The van der Waals surface area contributed by atoms with Crippen LogP contribution < -0.4 is 5.32 Å². The third kappa shape index (κ3) is 2.97. The fourth-order valence-electron chi connectivity index (χ4n) is 2.16. The minimum Gasteiger partial charge on any atom is -0.478 e. The molecule has 0 unspecified atom stereocenters. The predicted octanol–water partition coefficient (Wildman–Crippen LogP) is 2.35. The molecule has 3 aromatic rings. The van der Waals surface area contributed by atoms with Gasteiger partial charge >= 0.3 is 11.9 Å². The first-order valence-corrected chi connectivity index (χ1v) is 7.53. The number of thiazole rings is 1. The van der Waals surface area contributed by atoms with E-state index in [1.807, 2.05) is 13.1 Å². The van der Waals surface area contributed by atoms with E-state index in [2.05, 4.69) is 10.3 Å². The van der Waals surface area contributed by atoms with Gasteiger partial charge < -0.3 is 15.5 Å². The Kier molecular flexibility index (Phi) is 3.78. The van der Waals surface area contributed by atoms with Gasteiger partial charge in [0.2, 0.25) is 0 Å². The summed E-state index contributed by atoms with van der Waals surface area (Å²) >= 11 is 1.43. The van der Waals surface area contributed by atoms with Crippen LogP contribution in [0.4, 0.5) is 5.69 Å². The van der Waals surface area contributed by atoms with Crippen molar-refractivity contribution >= 4 is 39.8 Å². The number of aromatic nitrogens is 2. The summed E-state index contributed by atoms with van der Waals surface area (Å²) in [5.74, 6) is -3.12. The zero-order valence-corrected chi connectivity index (χ0v) is 13.1. The van der Waals surface area contributed by atoms with Crippen molar-refractivity contribution in [3.8, 4) is 0 Å². The number of rotatable bonds is 4. The molecule has 0 saturated carbocycles. The lowest BCUT2D eigenvalue weighted by Crippen LogP contribution is -2.14. The Morgan fingerprint density at radius 3 is 2.25 bits per heavy atom. The van der Waals surface area contributed by atoms with Crippen molar-refractivity contribution in [3.63, 3.8) is 0 Å². The molecule has 9 heteroatoms. The maximum atomic E-state index is 12.3. The van der Waals surface area contributed by atoms with Gasteiger partial charge in [-0.05, 0) is 25.1 Å². The van der Waals surface area contributed by atoms with Crippen molar-refractivity contribution in [3.05, 3.63) is 52.3 Å². The van der Waals surface area contributed by atoms with Gasteiger partial charge in [0.05, 0.1) is 11.1 Å². The molecule has 0 atom stereocenters. The molecule has 3 N–H and O–H groups in total. The minimum absolute atomic E-state index is 0.0739. The molecule has 0 saturated heterocycles. The highest BCUT2D eigenvalue weighted by Crippen LogP contribution is 2.19. The Bertz CT molecular complexity index is 925. The lowest BCUT2D eigenvalue weighted by molar-refractivity contribution is 0.0696. The minimum atomic E-state index is -1.29. The zero-order valence-electron chi connectivity index (χ0n) is 12.3. The first-order chi connectivity index (χ1) is 11.3. The van der Waals surface area contributed by atoms with Crippen molar-refractivity contribution in [2.24, 2.45) is 0 Å². The second-order valence-corrected chi connectivity index (χ2v) is 6.23. The summed E-state index contributed by atoms with van der Waals surface area (Å²) in [6, 6.07) is 3.40. The van der Waals surface area contributed by atoms with Crippen LogP contribution in [0.15, 0.2) is 30.6 Å². The van der Waals surface area contributed by atoms with E-state index in [1.54, 1.807) is 10.6 Å². The molecule has 1 aromatic carbocycles. The normalized spacial score (nSPS) is 10.7. The second kappa shape index (κ2) is 5.78. The fourth-order valence-corrected chi connectivity index (χ4v) is 2.97. The molecule has 0 bridgehead atoms. The number of hydrogen-bond acceptors (Lipinski definition) is 5. The van der Waals surface area contributed by atoms with Crippen LogP contribution in [-0.2, 0) is 0 Å². The smallest absolute Gasteiger partial charge is 0.335 e. The molecule has 2 aromatic heterocycles. The Morgan fingerprint density at radius 2 is 1.71 bits per heavy atom. The van der Waals surface area contributed by atoms with Crippen LogP contribution in [0.3, 0.4) is 0 Å². The molecular weight excluding hydrogens is 334 g/mol. The molecule has 1 amide bonds. The van der Waals surface area contributed by atoms with Crippen molar-refractivity contribution < 1.29 is 24.6 Å². The Balaban J connectivity index is 1.91. The topological polar surface area (TPSA) is 121 Å². The summed E-state index contributed by atoms with van der Waals surface area (Å²) in [5, 5.41) is 20.6. The summed E-state index contributed by atoms with van der Waals surface area (Å²) in [5.41, 5.74) is -0.234. The molecule has 122 valence electrons. The molecule has 0 radical (unpaired) electrons. The quantitative estimate of drug-likeness (QED) is 0.667. The molecule has 0 aliphatic carbocycles. The van der Waals surface area contributed by atoms with Gasteiger partial charge in [0, 0.05) is 23.0 Å². The standard InChI is InChI=1S/C15H11N3O5S/c1-7-5-18-6-11(17-15(18)24-7)12(19)16-10-3-8(13(20)21)2-9(4-10)14(22)23/h2-6H,1H3,(H,16,19)(H,20,21)(H,22,23). The number of aromatic carboxylic acids is 2. The number of carboxylic acid groups (broad SMARTS) is 2. The molecule has 3 rings (SSSR count). The van der Waals surface area contributed by atoms with Gasteiger partial charge in [-0.2, -0.15) is 0 Å². The number of hydrogen-bond donors (Lipinski definition) is 3. The second-order valence-electron chi connectivity index (χ2n) is 5.02. The summed E-state index contributed by atoms with van der Waals surface area (Å²) in [6.45, 7) is 1.92. The molecule has 0 spiro atoms. The number of anilines is 1. The van der Waals surface area contributed by atoms with Gasteiger partial charge in [0.1, 0.15) is 5.69 Å². The number of benzene rings is 1. The number of nitrogens with one attached hydrogen (secondary N) is 1. The number of carbonyl (C=O) groups is 3. The van der Waals surface area contributed by atoms with Crippen molar-refractivity contribution in [2.45, 2.75) is 6.92 Å². The van der Waals surface area contributed by atoms with Crippen molar-refractivity contribution in [2.75, 3.05) is 5.32 Å². The Labute approximate surface area is 139 Å². The van der Waals surface area contributed by atoms with E-state index >= 15 is 0 Å². The van der Waals surface area contributed by atoms with E-state index in [0.29, 0.717) is 4.96 Å². The van der Waals surface area contributed by atoms with Crippen LogP contribution in [-0.4, -0.2) is 37.4 Å². The number of carboxylic acids is 2. The van der Waals surface area contributed by atoms with Gasteiger partial charge in [-0.3, -0.25) is 9.20 Å². The highest BCUT2D eigenvalue weighted by molar-refractivity contribution is 7.17. The summed E-state index contributed by atoms with van der Waals surface area (Å²) in [7, 11) is 0. The third-order valence-electron chi connectivity index (χ3n) is 3.19. The molecular formula is C15H11N3O5S. The lowest BCUT2D eigenvalue weighted by atomic mass is 10.1. The highest BCUT2D eigenvalue weighted by atomic mass is 32.1. The largest absolute Gasteiger partial charge is 0.478 e. The first kappa shape index (κ1) is 15.7. The van der Waals surface area contributed by atoms with Crippen molar-refractivity contribution in [1.29, 1.82) is 0 Å². The molecule has 2 heterocycles. The fraction of sp³-hybridized carbons (Fsp3) is 0.0667. The molecule has 0 aliphatic rings. The van der Waals surface area contributed by atoms with Gasteiger partial charge in [-0.15, -0.1) is 11.3 Å². The molecule has 24 heavy (non-hydrogen) atoms. The monoisotopic (exact) mass is 345 g/mol. The average molecular weight is 345 g/mol. The van der Waals surface area contributed by atoms with Crippen LogP contribution in [0.5, 0.6) is 0 Å². The summed E-state index contributed by atoms with van der Waals surface area (Å²) in [4.78, 5) is 40.3. The number of nitrogens with zero attached hydrogens (tertiary/aromatic N) is 2. The average Bonchev–Trinajstić information content (AvgIpc) is 3.04. The summed E-state index contributed by atoms with van der Waals surface area (Å²) < 4.78 is 1.71. The van der Waals surface area contributed by atoms with E-state index in [-0.39, 0.29) is 22.5 Å². The van der Waals surface area contributed by atoms with E-state index in [4.69, 9.17) is 10.2 Å². The number of aryl methyl sites for hydroxylation is 1. The number of amides is 1.